The maximum Gasteiger partial charge on any atom is 0.127 e. The molecule has 3 rings (SSSR count). The van der Waals surface area contributed by atoms with Gasteiger partial charge in [0.2, 0.25) is 0 Å². The molecule has 1 aliphatic heterocycles. The number of halogens is 1. The van der Waals surface area contributed by atoms with E-state index in [0.29, 0.717) is 0 Å². The van der Waals surface area contributed by atoms with Gasteiger partial charge in [-0.05, 0) is 36.1 Å². The Balaban J connectivity index is 1.60. The topological polar surface area (TPSA) is 34.4 Å². The largest absolute Gasteiger partial charge is 0.493 e. The highest BCUT2D eigenvalue weighted by Crippen LogP contribution is 2.32. The van der Waals surface area contributed by atoms with Gasteiger partial charge in [0.25, 0.3) is 0 Å². The summed E-state index contributed by atoms with van der Waals surface area (Å²) in [5.74, 6) is 3.98. The predicted molar refractivity (Wildman–Crippen MR) is 89.8 cm³/mol. The van der Waals surface area contributed by atoms with Crippen molar-refractivity contribution in [3.63, 3.8) is 0 Å². The van der Waals surface area contributed by atoms with Crippen LogP contribution < -0.4 is 10.1 Å². The first kappa shape index (κ1) is 15.0. The summed E-state index contributed by atoms with van der Waals surface area (Å²) in [6, 6.07) is 8.36. The first-order valence-electron chi connectivity index (χ1n) is 6.97. The molecule has 0 fully saturated rings. The minimum absolute atomic E-state index is 0.732. The molecule has 2 aromatic rings. The van der Waals surface area contributed by atoms with Crippen LogP contribution in [0.1, 0.15) is 22.6 Å². The minimum Gasteiger partial charge on any atom is -0.493 e. The lowest BCUT2D eigenvalue weighted by Gasteiger charge is -2.09. The molecule has 0 unspecified atom stereocenters. The fourth-order valence-corrected chi connectivity index (χ4v) is 3.53. The summed E-state index contributed by atoms with van der Waals surface area (Å²) in [4.78, 5) is 0. The van der Waals surface area contributed by atoms with Gasteiger partial charge in [0.05, 0.1) is 18.9 Å². The van der Waals surface area contributed by atoms with Gasteiger partial charge in [-0.2, -0.15) is 11.8 Å². The van der Waals surface area contributed by atoms with E-state index in [9.17, 15) is 0 Å². The monoisotopic (exact) mass is 367 g/mol. The van der Waals surface area contributed by atoms with E-state index in [1.165, 1.54) is 11.1 Å². The predicted octanol–water partition coefficient (Wildman–Crippen LogP) is 4.13. The SMILES string of the molecule is CSCc1ccc(CNCc2cc(Br)cc3c2OCC3)o1. The second-order valence-corrected chi connectivity index (χ2v) is 6.84. The van der Waals surface area contributed by atoms with Crippen molar-refractivity contribution < 1.29 is 9.15 Å². The van der Waals surface area contributed by atoms with Crippen molar-refractivity contribution in [2.75, 3.05) is 12.9 Å². The normalized spacial score (nSPS) is 13.2. The molecule has 1 aromatic carbocycles. The average molecular weight is 368 g/mol. The van der Waals surface area contributed by atoms with Crippen LogP contribution in [0.3, 0.4) is 0 Å². The van der Waals surface area contributed by atoms with Crippen LogP contribution in [0.4, 0.5) is 0 Å². The lowest BCUT2D eigenvalue weighted by atomic mass is 10.1. The van der Waals surface area contributed by atoms with E-state index in [2.05, 4.69) is 39.6 Å². The van der Waals surface area contributed by atoms with E-state index in [0.717, 1.165) is 53.6 Å². The standard InChI is InChI=1S/C16H18BrNO2S/c1-21-10-15-3-2-14(20-15)9-18-8-12-7-13(17)6-11-4-5-19-16(11)12/h2-3,6-7,18H,4-5,8-10H2,1H3. The first-order chi connectivity index (χ1) is 10.3. The molecule has 1 aromatic heterocycles. The molecular weight excluding hydrogens is 350 g/mol. The molecule has 2 heterocycles. The highest BCUT2D eigenvalue weighted by molar-refractivity contribution is 9.10. The molecule has 0 bridgehead atoms. The molecule has 0 saturated carbocycles. The van der Waals surface area contributed by atoms with Gasteiger partial charge in [0.15, 0.2) is 0 Å². The van der Waals surface area contributed by atoms with Crippen molar-refractivity contribution in [2.45, 2.75) is 25.3 Å². The quantitative estimate of drug-likeness (QED) is 0.832. The molecule has 0 aliphatic carbocycles. The molecule has 0 radical (unpaired) electrons. The van der Waals surface area contributed by atoms with Crippen LogP contribution in [0, 0.1) is 0 Å². The van der Waals surface area contributed by atoms with Crippen LogP contribution >= 0.6 is 27.7 Å². The smallest absolute Gasteiger partial charge is 0.127 e. The molecule has 1 aliphatic rings. The van der Waals surface area contributed by atoms with E-state index >= 15 is 0 Å². The molecule has 0 spiro atoms. The molecule has 0 amide bonds. The first-order valence-corrected chi connectivity index (χ1v) is 9.16. The van der Waals surface area contributed by atoms with E-state index in [-0.39, 0.29) is 0 Å². The lowest BCUT2D eigenvalue weighted by molar-refractivity contribution is 0.352. The third-order valence-corrected chi connectivity index (χ3v) is 4.47. The Morgan fingerprint density at radius 2 is 2.10 bits per heavy atom. The van der Waals surface area contributed by atoms with Crippen molar-refractivity contribution in [3.05, 3.63) is 51.4 Å². The number of hydrogen-bond acceptors (Lipinski definition) is 4. The number of rotatable bonds is 6. The lowest BCUT2D eigenvalue weighted by Crippen LogP contribution is -2.13. The van der Waals surface area contributed by atoms with Crippen LogP contribution in [0.25, 0.3) is 0 Å². The Bertz CT molecular complexity index is 627. The van der Waals surface area contributed by atoms with Crippen LogP contribution in [0.5, 0.6) is 5.75 Å². The Morgan fingerprint density at radius 3 is 2.95 bits per heavy atom. The molecule has 5 heteroatoms. The highest BCUT2D eigenvalue weighted by atomic mass is 79.9. The summed E-state index contributed by atoms with van der Waals surface area (Å²) in [5.41, 5.74) is 2.49. The van der Waals surface area contributed by atoms with E-state index in [1.807, 2.05) is 12.1 Å². The van der Waals surface area contributed by atoms with Crippen molar-refractivity contribution in [1.82, 2.24) is 5.32 Å². The molecule has 3 nitrogen and oxygen atoms in total. The van der Waals surface area contributed by atoms with Gasteiger partial charge < -0.3 is 14.5 Å². The minimum atomic E-state index is 0.732. The van der Waals surface area contributed by atoms with Crippen LogP contribution in [-0.2, 0) is 25.3 Å². The van der Waals surface area contributed by atoms with Crippen molar-refractivity contribution >= 4 is 27.7 Å². The highest BCUT2D eigenvalue weighted by Gasteiger charge is 2.17. The molecular formula is C16H18BrNO2S. The van der Waals surface area contributed by atoms with Gasteiger partial charge in [-0.25, -0.2) is 0 Å². The van der Waals surface area contributed by atoms with Gasteiger partial charge in [-0.3, -0.25) is 0 Å². The molecule has 0 saturated heterocycles. The third-order valence-electron chi connectivity index (χ3n) is 3.44. The molecule has 1 N–H and O–H groups in total. The number of furan rings is 1. The fourth-order valence-electron chi connectivity index (χ4n) is 2.53. The zero-order chi connectivity index (χ0) is 14.7. The van der Waals surface area contributed by atoms with Crippen LogP contribution in [-0.4, -0.2) is 12.9 Å². The number of hydrogen-bond donors (Lipinski definition) is 1. The summed E-state index contributed by atoms with van der Waals surface area (Å²) in [7, 11) is 0. The van der Waals surface area contributed by atoms with Gasteiger partial charge in [-0.1, -0.05) is 15.9 Å². The molecule has 0 atom stereocenters. The Labute approximate surface area is 137 Å². The maximum atomic E-state index is 5.75. The van der Waals surface area contributed by atoms with Crippen LogP contribution in [0.15, 0.2) is 33.2 Å². The Kier molecular flexibility index (Phi) is 4.93. The van der Waals surface area contributed by atoms with Crippen molar-refractivity contribution in [3.8, 4) is 5.75 Å². The summed E-state index contributed by atoms with van der Waals surface area (Å²) in [6.45, 7) is 2.30. The summed E-state index contributed by atoms with van der Waals surface area (Å²) in [5, 5.41) is 3.43. The Hall–Kier alpha value is -0.910. The van der Waals surface area contributed by atoms with Gasteiger partial charge in [0.1, 0.15) is 17.3 Å². The molecule has 112 valence electrons. The second-order valence-electron chi connectivity index (χ2n) is 5.06. The summed E-state index contributed by atoms with van der Waals surface area (Å²) >= 11 is 5.34. The Morgan fingerprint density at radius 1 is 1.24 bits per heavy atom. The maximum absolute atomic E-state index is 5.75. The third kappa shape index (κ3) is 3.65. The number of nitrogens with one attached hydrogen (secondary N) is 1. The van der Waals surface area contributed by atoms with Gasteiger partial charge in [-0.15, -0.1) is 0 Å². The molecule has 21 heavy (non-hydrogen) atoms. The van der Waals surface area contributed by atoms with Crippen LogP contribution in [0.2, 0.25) is 0 Å². The van der Waals surface area contributed by atoms with Gasteiger partial charge >= 0.3 is 0 Å². The fraction of sp³-hybridized carbons (Fsp3) is 0.375. The van der Waals surface area contributed by atoms with E-state index < -0.39 is 0 Å². The number of fused-ring (bicyclic) bond motifs is 1. The summed E-state index contributed by atoms with van der Waals surface area (Å²) in [6.07, 6.45) is 3.08. The van der Waals surface area contributed by atoms with Crippen molar-refractivity contribution in [1.29, 1.82) is 0 Å². The number of benzene rings is 1. The van der Waals surface area contributed by atoms with Crippen molar-refractivity contribution in [2.24, 2.45) is 0 Å². The zero-order valence-corrected chi connectivity index (χ0v) is 14.4. The average Bonchev–Trinajstić information content (AvgIpc) is 3.08. The van der Waals surface area contributed by atoms with Gasteiger partial charge in [0, 0.05) is 23.0 Å². The zero-order valence-electron chi connectivity index (χ0n) is 11.9. The second kappa shape index (κ2) is 6.90. The number of thioether (sulfide) groups is 1. The van der Waals surface area contributed by atoms with E-state index in [1.54, 1.807) is 11.8 Å². The number of ether oxygens (including phenoxy) is 1. The van der Waals surface area contributed by atoms with E-state index in [4.69, 9.17) is 9.15 Å². The summed E-state index contributed by atoms with van der Waals surface area (Å²) < 4.78 is 12.6.